The van der Waals surface area contributed by atoms with E-state index in [0.717, 1.165) is 16.8 Å². The van der Waals surface area contributed by atoms with Crippen LogP contribution >= 0.6 is 11.8 Å². The average molecular weight is 487 g/mol. The van der Waals surface area contributed by atoms with Crippen molar-refractivity contribution in [3.8, 4) is 23.1 Å². The third kappa shape index (κ3) is 5.55. The van der Waals surface area contributed by atoms with Gasteiger partial charge in [0.15, 0.2) is 11.0 Å². The van der Waals surface area contributed by atoms with Gasteiger partial charge in [-0.3, -0.25) is 14.3 Å². The number of halogens is 1. The van der Waals surface area contributed by atoms with Gasteiger partial charge >= 0.3 is 0 Å². The maximum atomic E-state index is 14.8. The molecule has 176 valence electrons. The highest BCUT2D eigenvalue weighted by atomic mass is 32.2. The van der Waals surface area contributed by atoms with Gasteiger partial charge in [0.1, 0.15) is 5.82 Å². The minimum Gasteiger partial charge on any atom is -0.311 e. The number of thioether (sulfide) groups is 1. The predicted molar refractivity (Wildman–Crippen MR) is 134 cm³/mol. The number of rotatable bonds is 8. The molecule has 0 spiro atoms. The fourth-order valence-corrected chi connectivity index (χ4v) is 4.59. The van der Waals surface area contributed by atoms with E-state index in [1.807, 2.05) is 38.1 Å². The average Bonchev–Trinajstić information content (AvgIpc) is 3.27. The van der Waals surface area contributed by atoms with Crippen molar-refractivity contribution < 1.29 is 9.18 Å². The zero-order chi connectivity index (χ0) is 24.8. The van der Waals surface area contributed by atoms with Gasteiger partial charge in [0.2, 0.25) is 5.91 Å². The molecule has 2 aromatic carbocycles. The summed E-state index contributed by atoms with van der Waals surface area (Å²) in [6.07, 6.45) is 3.48. The van der Waals surface area contributed by atoms with Crippen LogP contribution in [0.4, 0.5) is 10.1 Å². The fraction of sp³-hybridized carbons (Fsp3) is 0.192. The largest absolute Gasteiger partial charge is 0.311 e. The molecular weight excluding hydrogens is 463 g/mol. The van der Waals surface area contributed by atoms with Gasteiger partial charge in [-0.1, -0.05) is 30.0 Å². The van der Waals surface area contributed by atoms with Gasteiger partial charge in [-0.2, -0.15) is 5.26 Å². The van der Waals surface area contributed by atoms with Crippen LogP contribution in [-0.4, -0.2) is 38.0 Å². The summed E-state index contributed by atoms with van der Waals surface area (Å²) in [5.74, 6) is -0.149. The van der Waals surface area contributed by atoms with Crippen LogP contribution < -0.4 is 4.90 Å². The Morgan fingerprint density at radius 1 is 1.11 bits per heavy atom. The van der Waals surface area contributed by atoms with Crippen molar-refractivity contribution in [2.45, 2.75) is 25.4 Å². The molecule has 4 aromatic rings. The molecule has 7 nitrogen and oxygen atoms in total. The number of aryl methyl sites for hydroxylation is 2. The van der Waals surface area contributed by atoms with Crippen molar-refractivity contribution >= 4 is 23.4 Å². The van der Waals surface area contributed by atoms with E-state index in [2.05, 4.69) is 21.3 Å². The van der Waals surface area contributed by atoms with Gasteiger partial charge < -0.3 is 4.90 Å². The van der Waals surface area contributed by atoms with Crippen LogP contribution in [0.2, 0.25) is 0 Å². The lowest BCUT2D eigenvalue weighted by Gasteiger charge is -2.22. The van der Waals surface area contributed by atoms with Gasteiger partial charge in [0.05, 0.1) is 23.9 Å². The molecule has 0 aliphatic heterocycles. The molecule has 0 saturated heterocycles. The lowest BCUT2D eigenvalue weighted by molar-refractivity contribution is -0.116. The first-order chi connectivity index (χ1) is 17.0. The van der Waals surface area contributed by atoms with Crippen LogP contribution in [-0.2, 0) is 4.79 Å². The van der Waals surface area contributed by atoms with E-state index in [9.17, 15) is 9.18 Å². The summed E-state index contributed by atoms with van der Waals surface area (Å²) in [5, 5.41) is 18.0. The first-order valence-corrected chi connectivity index (χ1v) is 12.0. The van der Waals surface area contributed by atoms with Crippen LogP contribution in [0.3, 0.4) is 0 Å². The molecule has 1 amide bonds. The van der Waals surface area contributed by atoms with Gasteiger partial charge in [-0.05, 0) is 61.4 Å². The molecule has 4 rings (SSSR count). The van der Waals surface area contributed by atoms with Gasteiger partial charge in [0, 0.05) is 30.2 Å². The number of carbonyl (C=O) groups is 1. The van der Waals surface area contributed by atoms with Gasteiger partial charge in [-0.25, -0.2) is 4.39 Å². The predicted octanol–water partition coefficient (Wildman–Crippen LogP) is 5.12. The number of benzene rings is 2. The highest BCUT2D eigenvalue weighted by Crippen LogP contribution is 2.29. The zero-order valence-corrected chi connectivity index (χ0v) is 20.2. The number of carbonyl (C=O) groups excluding carboxylic acids is 1. The summed E-state index contributed by atoms with van der Waals surface area (Å²) in [4.78, 5) is 19.0. The van der Waals surface area contributed by atoms with Crippen molar-refractivity contribution in [1.29, 1.82) is 5.26 Å². The van der Waals surface area contributed by atoms with Gasteiger partial charge in [-0.15, -0.1) is 10.2 Å². The minimum atomic E-state index is -0.434. The minimum absolute atomic E-state index is 0.0397. The summed E-state index contributed by atoms with van der Waals surface area (Å²) in [6.45, 7) is 4.21. The molecule has 35 heavy (non-hydrogen) atoms. The summed E-state index contributed by atoms with van der Waals surface area (Å²) in [5.41, 5.74) is 3.76. The van der Waals surface area contributed by atoms with Crippen LogP contribution in [0.25, 0.3) is 17.1 Å². The van der Waals surface area contributed by atoms with Crippen LogP contribution in [0.1, 0.15) is 17.5 Å². The molecule has 0 radical (unpaired) electrons. The maximum absolute atomic E-state index is 14.8. The quantitative estimate of drug-likeness (QED) is 0.321. The molecule has 0 unspecified atom stereocenters. The zero-order valence-electron chi connectivity index (χ0n) is 19.3. The number of para-hydroxylation sites is 1. The van der Waals surface area contributed by atoms with E-state index < -0.39 is 5.82 Å². The highest BCUT2D eigenvalue weighted by molar-refractivity contribution is 7.99. The molecular formula is C26H23FN6OS. The molecule has 2 heterocycles. The van der Waals surface area contributed by atoms with Crippen molar-refractivity contribution in [3.63, 3.8) is 0 Å². The summed E-state index contributed by atoms with van der Waals surface area (Å²) in [6, 6.07) is 17.9. The molecule has 0 bridgehead atoms. The summed E-state index contributed by atoms with van der Waals surface area (Å²) < 4.78 is 16.4. The van der Waals surface area contributed by atoms with Crippen molar-refractivity contribution in [1.82, 2.24) is 19.7 Å². The number of nitrogens with zero attached hydrogens (tertiary/aromatic N) is 6. The van der Waals surface area contributed by atoms with Crippen LogP contribution in [0.5, 0.6) is 0 Å². The van der Waals surface area contributed by atoms with Gasteiger partial charge in [0.25, 0.3) is 0 Å². The van der Waals surface area contributed by atoms with E-state index in [0.29, 0.717) is 16.5 Å². The van der Waals surface area contributed by atoms with Crippen LogP contribution in [0, 0.1) is 31.0 Å². The Hall–Kier alpha value is -4.03. The second-order valence-corrected chi connectivity index (χ2v) is 8.87. The number of amides is 1. The number of aromatic nitrogens is 4. The molecule has 2 aromatic heterocycles. The lowest BCUT2D eigenvalue weighted by Crippen LogP contribution is -2.33. The van der Waals surface area contributed by atoms with E-state index in [4.69, 9.17) is 5.26 Å². The van der Waals surface area contributed by atoms with Crippen molar-refractivity contribution in [3.05, 3.63) is 83.9 Å². The highest BCUT2D eigenvalue weighted by Gasteiger charge is 2.22. The Morgan fingerprint density at radius 3 is 2.57 bits per heavy atom. The molecule has 0 saturated carbocycles. The van der Waals surface area contributed by atoms with E-state index >= 15 is 0 Å². The monoisotopic (exact) mass is 486 g/mol. The van der Waals surface area contributed by atoms with E-state index in [1.54, 1.807) is 46.1 Å². The van der Waals surface area contributed by atoms with E-state index in [1.165, 1.54) is 17.8 Å². The summed E-state index contributed by atoms with van der Waals surface area (Å²) >= 11 is 1.17. The lowest BCUT2D eigenvalue weighted by atomic mass is 10.1. The third-order valence-corrected chi connectivity index (χ3v) is 6.15. The normalized spacial score (nSPS) is 10.7. The van der Waals surface area contributed by atoms with Crippen molar-refractivity contribution in [2.24, 2.45) is 0 Å². The Balaban J connectivity index is 1.66. The fourth-order valence-electron chi connectivity index (χ4n) is 3.77. The molecule has 0 fully saturated rings. The SMILES string of the molecule is Cc1cc(C)cc(N(CCC#N)C(=O)CSc2nnc(-c3cccnc3)n2-c2ccccc2F)c1. The number of anilines is 1. The molecule has 9 heteroatoms. The summed E-state index contributed by atoms with van der Waals surface area (Å²) in [7, 11) is 0. The Morgan fingerprint density at radius 2 is 1.89 bits per heavy atom. The Labute approximate surface area is 207 Å². The first-order valence-electron chi connectivity index (χ1n) is 11.0. The topological polar surface area (TPSA) is 87.7 Å². The maximum Gasteiger partial charge on any atom is 0.237 e. The number of hydrogen-bond acceptors (Lipinski definition) is 6. The molecule has 0 aliphatic rings. The second kappa shape index (κ2) is 10.9. The standard InChI is InChI=1S/C26H23FN6OS/c1-18-13-19(2)15-21(14-18)32(12-6-10-28)24(34)17-35-26-31-30-25(20-7-5-11-29-16-20)33(26)23-9-4-3-8-22(23)27/h3-5,7-9,11,13-16H,6,12,17H2,1-2H3. The number of hydrogen-bond donors (Lipinski definition) is 0. The smallest absolute Gasteiger partial charge is 0.237 e. The Bertz CT molecular complexity index is 1360. The molecule has 0 aliphatic carbocycles. The third-order valence-electron chi connectivity index (χ3n) is 5.24. The van der Waals surface area contributed by atoms with Crippen molar-refractivity contribution in [2.75, 3.05) is 17.2 Å². The number of nitriles is 1. The van der Waals surface area contributed by atoms with Crippen LogP contribution in [0.15, 0.2) is 72.1 Å². The molecule has 0 atom stereocenters. The molecule has 0 N–H and O–H groups in total. The Kier molecular flexibility index (Phi) is 7.53. The number of pyridine rings is 1. The first kappa shape index (κ1) is 24.1. The second-order valence-electron chi connectivity index (χ2n) is 7.92. The van der Waals surface area contributed by atoms with E-state index in [-0.39, 0.29) is 30.3 Å².